The summed E-state index contributed by atoms with van der Waals surface area (Å²) in [6.07, 6.45) is 22.6. The van der Waals surface area contributed by atoms with Crippen LogP contribution in [0.3, 0.4) is 0 Å². The molecule has 1 nitrogen and oxygen atoms in total. The number of unbranched alkanes of at least 4 members (excludes halogenated alkanes) is 15. The van der Waals surface area contributed by atoms with Crippen molar-refractivity contribution in [3.8, 4) is 0 Å². The number of hydrogen-bond donors (Lipinski definition) is 0. The van der Waals surface area contributed by atoms with Gasteiger partial charge in [0.15, 0.2) is 0 Å². The molecule has 0 aliphatic rings. The average molecular weight is 454 g/mol. The first kappa shape index (κ1) is 30.3. The summed E-state index contributed by atoms with van der Waals surface area (Å²) < 4.78 is 0. The van der Waals surface area contributed by atoms with E-state index < -0.39 is 11.4 Å². The van der Waals surface area contributed by atoms with E-state index in [0.29, 0.717) is 0 Å². The first-order valence-electron chi connectivity index (χ1n) is 9.51. The molecule has 0 aliphatic carbocycles. The number of halogens is 3. The monoisotopic (exact) mass is 452 g/mol. The van der Waals surface area contributed by atoms with Crippen molar-refractivity contribution in [2.24, 2.45) is 0 Å². The maximum atomic E-state index is 10.1. The van der Waals surface area contributed by atoms with Crippen LogP contribution in [0.15, 0.2) is 0 Å². The third kappa shape index (κ3) is 38.9. The summed E-state index contributed by atoms with van der Waals surface area (Å²) in [7, 11) is 14.8. The van der Waals surface area contributed by atoms with E-state index in [-0.39, 0.29) is 17.4 Å². The van der Waals surface area contributed by atoms with E-state index >= 15 is 0 Å². The van der Waals surface area contributed by atoms with Crippen molar-refractivity contribution in [1.82, 2.24) is 0 Å². The second kappa shape index (κ2) is 29.4. The fourth-order valence-electron chi connectivity index (χ4n) is 2.60. The number of hydrogen-bond acceptors (Lipinski definition) is 1. The van der Waals surface area contributed by atoms with Crippen molar-refractivity contribution >= 4 is 47.8 Å². The molecule has 0 radical (unpaired) electrons. The van der Waals surface area contributed by atoms with Crippen LogP contribution in [0.4, 0.5) is 0 Å². The predicted molar refractivity (Wildman–Crippen MR) is 109 cm³/mol. The van der Waals surface area contributed by atoms with Gasteiger partial charge >= 0.3 is 11.4 Å². The van der Waals surface area contributed by atoms with Crippen LogP contribution in [0, 0.1) is 0 Å². The van der Waals surface area contributed by atoms with Crippen LogP contribution in [0.1, 0.15) is 110 Å². The summed E-state index contributed by atoms with van der Waals surface area (Å²) in [5.41, 5.74) is 0. The van der Waals surface area contributed by atoms with E-state index in [1.807, 2.05) is 0 Å². The Labute approximate surface area is 178 Å². The second-order valence-corrected chi connectivity index (χ2v) is 12.6. The van der Waals surface area contributed by atoms with Crippen molar-refractivity contribution in [1.29, 1.82) is 0 Å². The van der Waals surface area contributed by atoms with Gasteiger partial charge in [0.05, 0.1) is 0 Å². The largest absolute Gasteiger partial charge is 0.643 e. The number of carbonyl (C=O) groups excluding carboxylic acids is 1. The molecule has 0 unspecified atom stereocenters. The summed E-state index contributed by atoms with van der Waals surface area (Å²) in [6, 6.07) is 0. The average Bonchev–Trinajstić information content (AvgIpc) is 2.50. The Hall–Kier alpha value is 1.60. The van der Waals surface area contributed by atoms with Crippen molar-refractivity contribution in [3.05, 3.63) is 0 Å². The van der Waals surface area contributed by atoms with Crippen LogP contribution in [0.2, 0.25) is 0 Å². The van der Waals surface area contributed by atoms with Crippen molar-refractivity contribution < 1.29 is 22.2 Å². The molecule has 0 N–H and O–H groups in total. The van der Waals surface area contributed by atoms with Gasteiger partial charge in [-0.3, -0.25) is 0 Å². The summed E-state index contributed by atoms with van der Waals surface area (Å²) in [4.78, 5) is 10.1. The molecule has 0 amide bonds. The smallest absolute Gasteiger partial charge is 0.303 e. The van der Waals surface area contributed by atoms with Gasteiger partial charge < -0.3 is 4.79 Å². The fourth-order valence-corrected chi connectivity index (χ4v) is 2.60. The van der Waals surface area contributed by atoms with Gasteiger partial charge in [-0.1, -0.05) is 96.8 Å². The van der Waals surface area contributed by atoms with Gasteiger partial charge in [0.1, 0.15) is 6.29 Å². The van der Waals surface area contributed by atoms with Gasteiger partial charge in [0.2, 0.25) is 0 Å². The van der Waals surface area contributed by atoms with E-state index in [4.69, 9.17) is 30.1 Å². The van der Waals surface area contributed by atoms with Gasteiger partial charge in [0.25, 0.3) is 0 Å². The summed E-state index contributed by atoms with van der Waals surface area (Å²) >= 11 is -1.72. The zero-order valence-corrected chi connectivity index (χ0v) is 20.1. The van der Waals surface area contributed by atoms with Crippen LogP contribution >= 0.6 is 30.1 Å². The first-order chi connectivity index (χ1) is 11.1. The molecule has 0 saturated heterocycles. The van der Waals surface area contributed by atoms with Gasteiger partial charge in [-0.2, -0.15) is 0 Å². The molecule has 6 heteroatoms. The number of rotatable bonds is 16. The zero-order chi connectivity index (χ0) is 17.6. The van der Waals surface area contributed by atoms with Gasteiger partial charge in [0, 0.05) is 23.8 Å². The van der Waals surface area contributed by atoms with E-state index in [2.05, 4.69) is 6.92 Å². The Morgan fingerprint density at radius 2 is 0.875 bits per heavy atom. The Morgan fingerprint density at radius 1 is 0.625 bits per heavy atom. The predicted octanol–water partition coefficient (Wildman–Crippen LogP) is 8.13. The second-order valence-electron chi connectivity index (χ2n) is 6.15. The molecule has 0 rings (SSSR count). The molecule has 0 aromatic rings. The Bertz CT molecular complexity index is 220. The third-order valence-corrected chi connectivity index (χ3v) is 3.93. The molecule has 0 bridgehead atoms. The molecular weight excluding hydrogens is 418 g/mol. The summed E-state index contributed by atoms with van der Waals surface area (Å²) in [6.45, 7) is 2.28. The van der Waals surface area contributed by atoms with E-state index in [1.54, 1.807) is 0 Å². The van der Waals surface area contributed by atoms with Gasteiger partial charge in [-0.05, 0) is 6.42 Å². The van der Waals surface area contributed by atoms with Crippen molar-refractivity contribution in [2.45, 2.75) is 110 Å². The molecule has 0 saturated carbocycles. The van der Waals surface area contributed by atoms with E-state index in [1.165, 1.54) is 89.9 Å². The molecule has 0 spiro atoms. The minimum Gasteiger partial charge on any atom is -0.303 e. The Balaban J connectivity index is -0.000000787. The Kier molecular flexibility index (Phi) is 37.1. The quantitative estimate of drug-likeness (QED) is 0.131. The standard InChI is InChI=1S/C18H36O.Al.3ClH.Cr/c1-2-3-4-5-6-7-8-9-10-11-12-13-14-15-16-17-18-19;;;;;/h18H,2-17H2,1H3;;3*1H;/q;+3;;;;/p-3. The van der Waals surface area contributed by atoms with Crippen LogP contribution in [0.25, 0.3) is 0 Å². The van der Waals surface area contributed by atoms with Crippen LogP contribution in [0.5, 0.6) is 0 Å². The maximum absolute atomic E-state index is 10.1. The number of aldehydes is 1. The van der Waals surface area contributed by atoms with E-state index in [0.717, 1.165) is 19.1 Å². The first-order valence-corrected chi connectivity index (χ1v) is 14.7. The third-order valence-electron chi connectivity index (χ3n) is 3.93. The summed E-state index contributed by atoms with van der Waals surface area (Å²) in [5.74, 6) is 0. The number of carbonyl (C=O) groups is 1. The Morgan fingerprint density at radius 3 is 1.12 bits per heavy atom. The maximum Gasteiger partial charge on any atom is 0.643 e. The van der Waals surface area contributed by atoms with Gasteiger partial charge in [-0.25, -0.2) is 30.1 Å². The molecule has 0 aromatic carbocycles. The van der Waals surface area contributed by atoms with Crippen LogP contribution in [-0.4, -0.2) is 17.7 Å². The molecule has 24 heavy (non-hydrogen) atoms. The van der Waals surface area contributed by atoms with Crippen LogP contribution < -0.4 is 0 Å². The molecule has 0 atom stereocenters. The van der Waals surface area contributed by atoms with Crippen molar-refractivity contribution in [2.75, 3.05) is 0 Å². The van der Waals surface area contributed by atoms with Gasteiger partial charge in [-0.15, -0.1) is 0 Å². The molecule has 0 fully saturated rings. The van der Waals surface area contributed by atoms with Crippen LogP contribution in [-0.2, 0) is 22.2 Å². The molecule has 0 heterocycles. The fraction of sp³-hybridized carbons (Fsp3) is 0.944. The van der Waals surface area contributed by atoms with E-state index in [9.17, 15) is 4.79 Å². The minimum absolute atomic E-state index is 0. The van der Waals surface area contributed by atoms with Crippen molar-refractivity contribution in [3.63, 3.8) is 0 Å². The minimum atomic E-state index is -1.72. The molecule has 0 aromatic heterocycles. The molecule has 0 aliphatic heterocycles. The SMILES string of the molecule is CCCCCCCCCCCCCCCCCC=O.[Cl][Al]([Cl])[Cl].[Cr]. The summed E-state index contributed by atoms with van der Waals surface area (Å²) in [5, 5.41) is 0. The molecular formula is C18H36AlCl3CrO. The molecule has 144 valence electrons. The normalized spacial score (nSPS) is 9.67. The zero-order valence-electron chi connectivity index (χ0n) is 15.4. The topological polar surface area (TPSA) is 17.1 Å².